The molecule has 0 atom stereocenters. The minimum Gasteiger partial charge on any atom is -0.494 e. The molecule has 0 aromatic heterocycles. The number of carbonyl (C=O) groups excluding carboxylic acids is 2. The molecule has 27 heavy (non-hydrogen) atoms. The Morgan fingerprint density at radius 3 is 2.56 bits per heavy atom. The van der Waals surface area contributed by atoms with E-state index in [2.05, 4.69) is 5.32 Å². The van der Waals surface area contributed by atoms with E-state index in [1.54, 1.807) is 0 Å². The molecular formula is C22H26N2O3. The Balaban J connectivity index is 1.63. The molecule has 3 rings (SSSR count). The summed E-state index contributed by atoms with van der Waals surface area (Å²) in [5.74, 6) is 0.860. The minimum atomic E-state index is -0.0628. The standard InChI is InChI=1S/C22H26N2O3/c1-4-27-19-8-5-16(6-9-19)13-21(25)23-18-7-10-20-17(14-18)11-12-24(20)22(26)15(2)3/h5-10,14-15H,4,11-13H2,1-3H3,(H,23,25). The van der Waals surface area contributed by atoms with E-state index in [0.717, 1.165) is 34.7 Å². The number of ether oxygens (including phenoxy) is 1. The number of rotatable bonds is 6. The number of amides is 2. The number of nitrogens with one attached hydrogen (secondary N) is 1. The van der Waals surface area contributed by atoms with Gasteiger partial charge >= 0.3 is 0 Å². The topological polar surface area (TPSA) is 58.6 Å². The first kappa shape index (κ1) is 19.0. The fourth-order valence-electron chi connectivity index (χ4n) is 3.28. The predicted octanol–water partition coefficient (Wildman–Crippen LogP) is 3.81. The monoisotopic (exact) mass is 366 g/mol. The molecule has 1 aliphatic heterocycles. The van der Waals surface area contributed by atoms with Gasteiger partial charge in [-0.05, 0) is 54.8 Å². The molecule has 0 saturated carbocycles. The molecule has 0 fully saturated rings. The van der Waals surface area contributed by atoms with Crippen molar-refractivity contribution in [1.82, 2.24) is 0 Å². The summed E-state index contributed by atoms with van der Waals surface area (Å²) in [6.07, 6.45) is 1.12. The second-order valence-corrected chi connectivity index (χ2v) is 7.04. The summed E-state index contributed by atoms with van der Waals surface area (Å²) in [6, 6.07) is 13.3. The Kier molecular flexibility index (Phi) is 5.79. The van der Waals surface area contributed by atoms with Gasteiger partial charge in [0.2, 0.25) is 11.8 Å². The smallest absolute Gasteiger partial charge is 0.229 e. The van der Waals surface area contributed by atoms with Crippen LogP contribution >= 0.6 is 0 Å². The highest BCUT2D eigenvalue weighted by molar-refractivity contribution is 5.98. The van der Waals surface area contributed by atoms with Crippen molar-refractivity contribution in [3.8, 4) is 5.75 Å². The zero-order valence-corrected chi connectivity index (χ0v) is 16.1. The van der Waals surface area contributed by atoms with Crippen LogP contribution in [0.2, 0.25) is 0 Å². The number of nitrogens with zero attached hydrogens (tertiary/aromatic N) is 1. The summed E-state index contributed by atoms with van der Waals surface area (Å²) in [4.78, 5) is 26.5. The summed E-state index contributed by atoms with van der Waals surface area (Å²) in [5.41, 5.74) is 3.76. The quantitative estimate of drug-likeness (QED) is 0.846. The first-order valence-corrected chi connectivity index (χ1v) is 9.44. The molecule has 5 nitrogen and oxygen atoms in total. The van der Waals surface area contributed by atoms with Crippen molar-refractivity contribution in [1.29, 1.82) is 0 Å². The molecule has 0 saturated heterocycles. The van der Waals surface area contributed by atoms with E-state index in [1.165, 1.54) is 0 Å². The Bertz CT molecular complexity index is 828. The average Bonchev–Trinajstić information content (AvgIpc) is 3.06. The van der Waals surface area contributed by atoms with Gasteiger partial charge in [-0.2, -0.15) is 0 Å². The third-order valence-electron chi connectivity index (χ3n) is 4.62. The lowest BCUT2D eigenvalue weighted by Gasteiger charge is -2.19. The maximum absolute atomic E-state index is 12.3. The third kappa shape index (κ3) is 4.48. The predicted molar refractivity (Wildman–Crippen MR) is 107 cm³/mol. The van der Waals surface area contributed by atoms with Crippen molar-refractivity contribution in [2.75, 3.05) is 23.4 Å². The van der Waals surface area contributed by atoms with Crippen LogP contribution in [0.3, 0.4) is 0 Å². The molecular weight excluding hydrogens is 340 g/mol. The molecule has 1 aliphatic rings. The van der Waals surface area contributed by atoms with Gasteiger partial charge in [0.15, 0.2) is 0 Å². The van der Waals surface area contributed by atoms with Gasteiger partial charge in [-0.3, -0.25) is 9.59 Å². The molecule has 0 unspecified atom stereocenters. The summed E-state index contributed by atoms with van der Waals surface area (Å²) in [5, 5.41) is 2.95. The van der Waals surface area contributed by atoms with Crippen molar-refractivity contribution < 1.29 is 14.3 Å². The number of hydrogen-bond acceptors (Lipinski definition) is 3. The minimum absolute atomic E-state index is 0.0237. The molecule has 0 bridgehead atoms. The van der Waals surface area contributed by atoms with E-state index in [9.17, 15) is 9.59 Å². The molecule has 1 heterocycles. The molecule has 0 spiro atoms. The van der Waals surface area contributed by atoms with Crippen LogP contribution in [0.15, 0.2) is 42.5 Å². The second-order valence-electron chi connectivity index (χ2n) is 7.04. The molecule has 0 radical (unpaired) electrons. The van der Waals surface area contributed by atoms with Crippen molar-refractivity contribution in [3.05, 3.63) is 53.6 Å². The number of hydrogen-bond donors (Lipinski definition) is 1. The van der Waals surface area contributed by atoms with Gasteiger partial charge in [0.1, 0.15) is 5.75 Å². The Morgan fingerprint density at radius 1 is 1.15 bits per heavy atom. The van der Waals surface area contributed by atoms with Gasteiger partial charge in [0.05, 0.1) is 13.0 Å². The van der Waals surface area contributed by atoms with Crippen molar-refractivity contribution in [2.45, 2.75) is 33.6 Å². The van der Waals surface area contributed by atoms with Crippen LogP contribution in [0.4, 0.5) is 11.4 Å². The maximum Gasteiger partial charge on any atom is 0.229 e. The first-order valence-electron chi connectivity index (χ1n) is 9.44. The third-order valence-corrected chi connectivity index (χ3v) is 4.62. The average molecular weight is 366 g/mol. The summed E-state index contributed by atoms with van der Waals surface area (Å²) in [7, 11) is 0. The van der Waals surface area contributed by atoms with E-state index in [4.69, 9.17) is 4.74 Å². The van der Waals surface area contributed by atoms with Gasteiger partial charge in [-0.15, -0.1) is 0 Å². The van der Waals surface area contributed by atoms with Gasteiger partial charge < -0.3 is 15.0 Å². The van der Waals surface area contributed by atoms with E-state index in [1.807, 2.05) is 68.1 Å². The van der Waals surface area contributed by atoms with Crippen LogP contribution in [-0.4, -0.2) is 25.0 Å². The molecule has 5 heteroatoms. The summed E-state index contributed by atoms with van der Waals surface area (Å²) >= 11 is 0. The number of benzene rings is 2. The highest BCUT2D eigenvalue weighted by Gasteiger charge is 2.26. The van der Waals surface area contributed by atoms with Gasteiger partial charge in [0.25, 0.3) is 0 Å². The first-order chi connectivity index (χ1) is 13.0. The molecule has 0 aliphatic carbocycles. The van der Waals surface area contributed by atoms with Crippen molar-refractivity contribution in [3.63, 3.8) is 0 Å². The fraction of sp³-hybridized carbons (Fsp3) is 0.364. The molecule has 2 amide bonds. The Labute approximate surface area is 160 Å². The zero-order valence-electron chi connectivity index (χ0n) is 16.1. The maximum atomic E-state index is 12.3. The zero-order chi connectivity index (χ0) is 19.4. The molecule has 2 aromatic carbocycles. The largest absolute Gasteiger partial charge is 0.494 e. The molecule has 142 valence electrons. The van der Waals surface area contributed by atoms with Gasteiger partial charge in [0, 0.05) is 23.8 Å². The summed E-state index contributed by atoms with van der Waals surface area (Å²) < 4.78 is 5.42. The lowest BCUT2D eigenvalue weighted by Crippen LogP contribution is -2.32. The second kappa shape index (κ2) is 8.25. The van der Waals surface area contributed by atoms with Crippen molar-refractivity contribution in [2.24, 2.45) is 5.92 Å². The SMILES string of the molecule is CCOc1ccc(CC(=O)Nc2ccc3c(c2)CCN3C(=O)C(C)C)cc1. The van der Waals surface area contributed by atoms with Crippen LogP contribution in [0.25, 0.3) is 0 Å². The Morgan fingerprint density at radius 2 is 1.89 bits per heavy atom. The van der Waals surface area contributed by atoms with E-state index >= 15 is 0 Å². The van der Waals surface area contributed by atoms with Crippen LogP contribution in [0.5, 0.6) is 5.75 Å². The van der Waals surface area contributed by atoms with Crippen LogP contribution in [0, 0.1) is 5.92 Å². The lowest BCUT2D eigenvalue weighted by atomic mass is 10.1. The lowest BCUT2D eigenvalue weighted by molar-refractivity contribution is -0.121. The fourth-order valence-corrected chi connectivity index (χ4v) is 3.28. The van der Waals surface area contributed by atoms with E-state index < -0.39 is 0 Å². The van der Waals surface area contributed by atoms with Crippen LogP contribution < -0.4 is 15.0 Å². The van der Waals surface area contributed by atoms with Crippen LogP contribution in [0.1, 0.15) is 31.9 Å². The highest BCUT2D eigenvalue weighted by atomic mass is 16.5. The molecule has 1 N–H and O–H groups in total. The van der Waals surface area contributed by atoms with E-state index in [-0.39, 0.29) is 17.7 Å². The van der Waals surface area contributed by atoms with E-state index in [0.29, 0.717) is 19.6 Å². The normalized spacial score (nSPS) is 12.8. The number of carbonyl (C=O) groups is 2. The Hall–Kier alpha value is -2.82. The number of fused-ring (bicyclic) bond motifs is 1. The highest BCUT2D eigenvalue weighted by Crippen LogP contribution is 2.31. The number of anilines is 2. The van der Waals surface area contributed by atoms with Gasteiger partial charge in [-0.25, -0.2) is 0 Å². The van der Waals surface area contributed by atoms with Crippen molar-refractivity contribution >= 4 is 23.2 Å². The van der Waals surface area contributed by atoms with Gasteiger partial charge in [-0.1, -0.05) is 26.0 Å². The van der Waals surface area contributed by atoms with Crippen LogP contribution in [-0.2, 0) is 22.4 Å². The molecule has 2 aromatic rings. The summed E-state index contributed by atoms with van der Waals surface area (Å²) in [6.45, 7) is 7.09.